The number of nitrogens with one attached hydrogen (secondary N) is 1. The molecule has 3 rings (SSSR count). The van der Waals surface area contributed by atoms with Crippen LogP contribution in [-0.4, -0.2) is 29.9 Å². The van der Waals surface area contributed by atoms with Gasteiger partial charge < -0.3 is 24.4 Å². The molecule has 1 aromatic heterocycles. The van der Waals surface area contributed by atoms with Gasteiger partial charge in [0.2, 0.25) is 11.6 Å². The third-order valence-corrected chi connectivity index (χ3v) is 5.56. The van der Waals surface area contributed by atoms with Crippen LogP contribution in [0, 0.1) is 0 Å². The second-order valence-corrected chi connectivity index (χ2v) is 7.54. The minimum absolute atomic E-state index is 0.103. The number of hydrogen-bond donors (Lipinski definition) is 1. The van der Waals surface area contributed by atoms with Crippen molar-refractivity contribution in [2.45, 2.75) is 30.0 Å². The Morgan fingerprint density at radius 2 is 1.81 bits per heavy atom. The molecule has 2 aromatic carbocycles. The Labute approximate surface area is 184 Å². The lowest BCUT2D eigenvalue weighted by Crippen LogP contribution is -2.36. The smallest absolute Gasteiger partial charge is 0.538 e. The predicted octanol–water partition coefficient (Wildman–Crippen LogP) is 3.44. The molecular formula is C20H18F3N3O5S. The van der Waals surface area contributed by atoms with Gasteiger partial charge in [-0.1, -0.05) is 6.92 Å². The number of carbonyl (C=O) groups is 1. The molecule has 1 N–H and O–H groups in total. The maximum absolute atomic E-state index is 12.7. The largest absolute Gasteiger partial charge is 0.573 e. The highest BCUT2D eigenvalue weighted by atomic mass is 32.2. The van der Waals surface area contributed by atoms with E-state index in [0.29, 0.717) is 17.9 Å². The Hall–Kier alpha value is -3.41. The van der Waals surface area contributed by atoms with E-state index in [1.54, 1.807) is 31.2 Å². The van der Waals surface area contributed by atoms with Crippen LogP contribution in [0.2, 0.25) is 0 Å². The van der Waals surface area contributed by atoms with Gasteiger partial charge in [0, 0.05) is 17.8 Å². The van der Waals surface area contributed by atoms with E-state index in [0.717, 1.165) is 23.9 Å². The van der Waals surface area contributed by atoms with E-state index in [2.05, 4.69) is 15.3 Å². The van der Waals surface area contributed by atoms with E-state index in [1.807, 2.05) is 0 Å². The molecule has 0 saturated carbocycles. The van der Waals surface area contributed by atoms with Gasteiger partial charge in [-0.15, -0.1) is 13.2 Å². The van der Waals surface area contributed by atoms with Crippen LogP contribution in [-0.2, 0) is 4.79 Å². The van der Waals surface area contributed by atoms with Gasteiger partial charge in [0.05, 0.1) is 17.6 Å². The normalized spacial score (nSPS) is 12.3. The van der Waals surface area contributed by atoms with Crippen molar-refractivity contribution in [2.24, 2.45) is 0 Å². The van der Waals surface area contributed by atoms with Gasteiger partial charge in [-0.3, -0.25) is 4.79 Å². The van der Waals surface area contributed by atoms with Crippen molar-refractivity contribution in [3.63, 3.8) is 0 Å². The zero-order valence-electron chi connectivity index (χ0n) is 16.9. The van der Waals surface area contributed by atoms with Gasteiger partial charge in [0.1, 0.15) is 11.5 Å². The summed E-state index contributed by atoms with van der Waals surface area (Å²) >= 11 is 0.969. The number of rotatable bonds is 8. The van der Waals surface area contributed by atoms with Crippen LogP contribution in [0.15, 0.2) is 58.1 Å². The van der Waals surface area contributed by atoms with Crippen LogP contribution < -0.4 is 24.6 Å². The monoisotopic (exact) mass is 469 g/mol. The van der Waals surface area contributed by atoms with E-state index >= 15 is 0 Å². The van der Waals surface area contributed by atoms with Crippen LogP contribution in [0.25, 0.3) is 5.69 Å². The lowest BCUT2D eigenvalue weighted by Gasteiger charge is -2.14. The van der Waals surface area contributed by atoms with E-state index < -0.39 is 29.2 Å². The standard InChI is InChI=1S/C20H18F3N3O5S/c1-3-16(17(27)24-12-4-8-15(9-5-12)30-20(21,22)23)32-18-19(28)31-25-26(18)13-6-10-14(29-2)11-7-13/h4-11,16H,3H2,1-2H3,(H-,24,25,27,28). The predicted molar refractivity (Wildman–Crippen MR) is 106 cm³/mol. The highest BCUT2D eigenvalue weighted by Crippen LogP contribution is 2.30. The summed E-state index contributed by atoms with van der Waals surface area (Å²) < 4.78 is 51.8. The summed E-state index contributed by atoms with van der Waals surface area (Å²) in [4.78, 5) is 12.7. The van der Waals surface area contributed by atoms with Crippen molar-refractivity contribution < 1.29 is 41.8 Å². The first kappa shape index (κ1) is 23.3. The molecule has 0 saturated heterocycles. The SMILES string of the molecule is CCC(Sc1c([O-])on[n+]1-c1ccc(OC)cc1)C(=O)Nc1ccc(OC(F)(F)F)cc1. The number of ether oxygens (including phenoxy) is 2. The highest BCUT2D eigenvalue weighted by molar-refractivity contribution is 8.00. The van der Waals surface area contributed by atoms with Gasteiger partial charge in [0.25, 0.3) is 5.03 Å². The Balaban J connectivity index is 1.72. The Morgan fingerprint density at radius 3 is 2.38 bits per heavy atom. The molecule has 0 aliphatic carbocycles. The van der Waals surface area contributed by atoms with Crippen molar-refractivity contribution in [1.82, 2.24) is 5.27 Å². The van der Waals surface area contributed by atoms with Crippen molar-refractivity contribution >= 4 is 23.4 Å². The minimum atomic E-state index is -4.80. The molecule has 0 spiro atoms. The molecule has 0 radical (unpaired) electrons. The Morgan fingerprint density at radius 1 is 1.19 bits per heavy atom. The number of thioether (sulfide) groups is 1. The van der Waals surface area contributed by atoms with Crippen LogP contribution in [0.5, 0.6) is 17.4 Å². The highest BCUT2D eigenvalue weighted by Gasteiger charge is 2.31. The summed E-state index contributed by atoms with van der Waals surface area (Å²) in [7, 11) is 1.52. The van der Waals surface area contributed by atoms with Crippen LogP contribution in [0.1, 0.15) is 13.3 Å². The van der Waals surface area contributed by atoms with Gasteiger partial charge in [-0.2, -0.15) is 0 Å². The average molecular weight is 469 g/mol. The van der Waals surface area contributed by atoms with E-state index in [1.165, 1.54) is 23.9 Å². The van der Waals surface area contributed by atoms with E-state index in [-0.39, 0.29) is 10.7 Å². The van der Waals surface area contributed by atoms with Crippen LogP contribution in [0.3, 0.4) is 0 Å². The summed E-state index contributed by atoms with van der Waals surface area (Å²) in [5.74, 6) is -0.931. The molecule has 8 nitrogen and oxygen atoms in total. The van der Waals surface area contributed by atoms with E-state index in [4.69, 9.17) is 9.26 Å². The molecule has 1 atom stereocenters. The number of benzene rings is 2. The summed E-state index contributed by atoms with van der Waals surface area (Å²) in [6.45, 7) is 1.76. The van der Waals surface area contributed by atoms with Gasteiger partial charge in [-0.25, -0.2) is 0 Å². The first-order valence-electron chi connectivity index (χ1n) is 9.27. The quantitative estimate of drug-likeness (QED) is 0.398. The second kappa shape index (κ2) is 9.81. The molecule has 0 aliphatic rings. The first-order valence-corrected chi connectivity index (χ1v) is 10.1. The number of anilines is 1. The summed E-state index contributed by atoms with van der Waals surface area (Å²) in [6.07, 6.45) is -4.44. The molecule has 0 bridgehead atoms. The zero-order valence-corrected chi connectivity index (χ0v) is 17.7. The maximum atomic E-state index is 12.7. The number of halogens is 3. The summed E-state index contributed by atoms with van der Waals surface area (Å²) in [5.41, 5.74) is 0.814. The van der Waals surface area contributed by atoms with Crippen molar-refractivity contribution in [3.8, 4) is 23.1 Å². The van der Waals surface area contributed by atoms with Crippen LogP contribution >= 0.6 is 11.8 Å². The molecular weight excluding hydrogens is 451 g/mol. The molecule has 1 amide bonds. The topological polar surface area (TPSA) is 101 Å². The fraction of sp³-hybridized carbons (Fsp3) is 0.250. The maximum Gasteiger partial charge on any atom is 0.573 e. The molecule has 32 heavy (non-hydrogen) atoms. The van der Waals surface area contributed by atoms with Crippen molar-refractivity contribution in [2.75, 3.05) is 12.4 Å². The minimum Gasteiger partial charge on any atom is -0.538 e. The number of aromatic nitrogens is 2. The molecule has 3 aromatic rings. The van der Waals surface area contributed by atoms with Crippen molar-refractivity contribution in [1.29, 1.82) is 0 Å². The Bertz CT molecular complexity index is 1060. The Kier molecular flexibility index (Phi) is 7.13. The number of methoxy groups -OCH3 is 1. The number of carbonyl (C=O) groups excluding carboxylic acids is 1. The lowest BCUT2D eigenvalue weighted by molar-refractivity contribution is -0.705. The van der Waals surface area contributed by atoms with Gasteiger partial charge >= 0.3 is 6.36 Å². The molecule has 170 valence electrons. The molecule has 1 unspecified atom stereocenters. The van der Waals surface area contributed by atoms with Crippen LogP contribution in [0.4, 0.5) is 18.9 Å². The van der Waals surface area contributed by atoms with Crippen molar-refractivity contribution in [3.05, 3.63) is 48.5 Å². The fourth-order valence-corrected chi connectivity index (χ4v) is 3.62. The molecule has 0 fully saturated rings. The fourth-order valence-electron chi connectivity index (χ4n) is 2.65. The third kappa shape index (κ3) is 5.84. The zero-order chi connectivity index (χ0) is 23.3. The first-order chi connectivity index (χ1) is 15.2. The van der Waals surface area contributed by atoms with Gasteiger partial charge in [0.15, 0.2) is 5.95 Å². The number of alkyl halides is 3. The number of nitrogens with zero attached hydrogens (tertiary/aromatic N) is 2. The number of amides is 1. The average Bonchev–Trinajstić information content (AvgIpc) is 3.12. The third-order valence-electron chi connectivity index (χ3n) is 4.16. The summed E-state index contributed by atoms with van der Waals surface area (Å²) in [5, 5.41) is 17.9. The molecule has 0 aliphatic heterocycles. The number of hydrogen-bond acceptors (Lipinski definition) is 7. The van der Waals surface area contributed by atoms with Gasteiger partial charge in [-0.05, 0) is 59.3 Å². The summed E-state index contributed by atoms with van der Waals surface area (Å²) in [6, 6.07) is 11.5. The second-order valence-electron chi connectivity index (χ2n) is 6.35. The lowest BCUT2D eigenvalue weighted by atomic mass is 10.2. The molecule has 1 heterocycles. The van der Waals surface area contributed by atoms with E-state index in [9.17, 15) is 23.1 Å². The molecule has 12 heteroatoms.